The Morgan fingerprint density at radius 1 is 1.47 bits per heavy atom. The monoisotopic (exact) mass is 379 g/mol. The maximum absolute atomic E-state index is 12.3. The molecule has 0 bridgehead atoms. The van der Waals surface area contributed by atoms with Crippen molar-refractivity contribution in [1.29, 1.82) is 0 Å². The van der Waals surface area contributed by atoms with Gasteiger partial charge in [-0.25, -0.2) is 8.93 Å². The summed E-state index contributed by atoms with van der Waals surface area (Å²) in [6, 6.07) is 0. The average molecular weight is 381 g/mol. The molecule has 0 fully saturated rings. The van der Waals surface area contributed by atoms with E-state index < -0.39 is 11.0 Å². The summed E-state index contributed by atoms with van der Waals surface area (Å²) in [6.45, 7) is 5.96. The fraction of sp³-hybridized carbons (Fsp3) is 0.417. The largest absolute Gasteiger partial charge is 0.237 e. The number of hydrogen-bond donors (Lipinski definition) is 1. The molecule has 1 N–H and O–H groups in total. The second-order valence-corrected chi connectivity index (χ2v) is 7.19. The highest BCUT2D eigenvalue weighted by Gasteiger charge is 2.19. The van der Waals surface area contributed by atoms with E-state index in [1.807, 2.05) is 26.8 Å². The third-order valence-corrected chi connectivity index (χ3v) is 4.72. The molecule has 0 spiro atoms. The van der Waals surface area contributed by atoms with Crippen molar-refractivity contribution in [3.05, 3.63) is 38.9 Å². The Balaban J connectivity index is 3.12. The zero-order valence-electron chi connectivity index (χ0n) is 10.0. The Morgan fingerprint density at radius 2 is 2.12 bits per heavy atom. The molecule has 1 unspecified atom stereocenters. The molecule has 0 heterocycles. The van der Waals surface area contributed by atoms with Gasteiger partial charge in [-0.3, -0.25) is 0 Å². The highest BCUT2D eigenvalue weighted by atomic mass is 79.9. The lowest BCUT2D eigenvalue weighted by molar-refractivity contribution is 0.521. The van der Waals surface area contributed by atoms with Gasteiger partial charge in [-0.05, 0) is 44.6 Å². The molecule has 5 heteroatoms. The Kier molecular flexibility index (Phi) is 5.61. The molecule has 2 nitrogen and oxygen atoms in total. The van der Waals surface area contributed by atoms with Crippen molar-refractivity contribution in [3.8, 4) is 0 Å². The van der Waals surface area contributed by atoms with Gasteiger partial charge in [0, 0.05) is 15.4 Å². The Bertz CT molecular complexity index is 452. The van der Waals surface area contributed by atoms with E-state index in [2.05, 4.69) is 42.3 Å². The van der Waals surface area contributed by atoms with Crippen molar-refractivity contribution in [3.63, 3.8) is 0 Å². The van der Waals surface area contributed by atoms with Crippen LogP contribution in [0.15, 0.2) is 38.9 Å². The predicted molar refractivity (Wildman–Crippen MR) is 81.5 cm³/mol. The van der Waals surface area contributed by atoms with Crippen LogP contribution >= 0.6 is 31.9 Å². The number of rotatable bonds is 3. The van der Waals surface area contributed by atoms with E-state index in [9.17, 15) is 4.21 Å². The van der Waals surface area contributed by atoms with Gasteiger partial charge in [0.05, 0.1) is 4.91 Å². The zero-order chi connectivity index (χ0) is 13.1. The highest BCUT2D eigenvalue weighted by Crippen LogP contribution is 2.26. The summed E-state index contributed by atoms with van der Waals surface area (Å²) >= 11 is 6.89. The van der Waals surface area contributed by atoms with Crippen LogP contribution in [0.4, 0.5) is 0 Å². The molecule has 1 aliphatic rings. The van der Waals surface area contributed by atoms with Crippen LogP contribution in [-0.2, 0) is 11.0 Å². The maximum Gasteiger partial charge on any atom is 0.126 e. The first-order valence-corrected chi connectivity index (χ1v) is 8.19. The number of nitrogens with one attached hydrogen (secondary N) is 1. The summed E-state index contributed by atoms with van der Waals surface area (Å²) in [6.07, 6.45) is 5.46. The van der Waals surface area contributed by atoms with Crippen molar-refractivity contribution >= 4 is 42.8 Å². The van der Waals surface area contributed by atoms with Gasteiger partial charge in [-0.1, -0.05) is 31.9 Å². The summed E-state index contributed by atoms with van der Waals surface area (Å²) in [4.78, 5) is 0.744. The van der Waals surface area contributed by atoms with E-state index in [0.717, 1.165) is 15.0 Å². The van der Waals surface area contributed by atoms with Crippen LogP contribution < -0.4 is 4.72 Å². The van der Waals surface area contributed by atoms with Crippen LogP contribution in [-0.4, -0.2) is 15.1 Å². The first-order chi connectivity index (χ1) is 7.85. The summed E-state index contributed by atoms with van der Waals surface area (Å²) in [5, 5.41) is 0.642. The lowest BCUT2D eigenvalue weighted by atomic mass is 10.1. The highest BCUT2D eigenvalue weighted by molar-refractivity contribution is 9.12. The smallest absolute Gasteiger partial charge is 0.126 e. The Hall–Kier alpha value is 0.0700. The summed E-state index contributed by atoms with van der Waals surface area (Å²) in [7, 11) is -1.25. The van der Waals surface area contributed by atoms with Gasteiger partial charge in [0.1, 0.15) is 11.0 Å². The molecule has 0 radical (unpaired) electrons. The number of halogens is 2. The third-order valence-electron chi connectivity index (χ3n) is 1.86. The Morgan fingerprint density at radius 3 is 2.65 bits per heavy atom. The van der Waals surface area contributed by atoms with E-state index in [4.69, 9.17) is 0 Å². The molecule has 0 amide bonds. The summed E-state index contributed by atoms with van der Waals surface area (Å²) < 4.78 is 16.3. The van der Waals surface area contributed by atoms with Crippen molar-refractivity contribution in [1.82, 2.24) is 4.72 Å². The second-order valence-electron chi connectivity index (χ2n) is 4.59. The minimum atomic E-state index is -1.25. The van der Waals surface area contributed by atoms with Crippen LogP contribution in [0.25, 0.3) is 0 Å². The molecule has 0 aromatic heterocycles. The molecule has 1 aliphatic carbocycles. The van der Waals surface area contributed by atoms with Crippen molar-refractivity contribution < 1.29 is 4.21 Å². The van der Waals surface area contributed by atoms with Crippen LogP contribution in [0, 0.1) is 0 Å². The first kappa shape index (κ1) is 15.1. The fourth-order valence-electron chi connectivity index (χ4n) is 1.18. The normalized spacial score (nSPS) is 18.1. The molecule has 1 atom stereocenters. The fourth-order valence-corrected chi connectivity index (χ4v) is 4.21. The summed E-state index contributed by atoms with van der Waals surface area (Å²) in [5.41, 5.74) is 3.76. The van der Waals surface area contributed by atoms with E-state index >= 15 is 0 Å². The number of allylic oxidation sites excluding steroid dienone is 4. The van der Waals surface area contributed by atoms with Crippen LogP contribution in [0.2, 0.25) is 0 Å². The molecular formula is C12H15Br2NOS. The van der Waals surface area contributed by atoms with E-state index in [1.54, 1.807) is 12.2 Å². The van der Waals surface area contributed by atoms with Crippen molar-refractivity contribution in [2.24, 2.45) is 0 Å². The van der Waals surface area contributed by atoms with Gasteiger partial charge in [0.15, 0.2) is 0 Å². The van der Waals surface area contributed by atoms with Crippen LogP contribution in [0.3, 0.4) is 0 Å². The first-order valence-electron chi connectivity index (χ1n) is 5.12. The van der Waals surface area contributed by atoms with Crippen LogP contribution in [0.5, 0.6) is 0 Å². The van der Waals surface area contributed by atoms with E-state index in [0.29, 0.717) is 5.33 Å². The Labute approximate surface area is 122 Å². The molecule has 0 saturated carbocycles. The van der Waals surface area contributed by atoms with Gasteiger partial charge in [0.25, 0.3) is 0 Å². The minimum absolute atomic E-state index is 0.199. The molecule has 0 saturated heterocycles. The molecule has 0 aliphatic heterocycles. The molecular weight excluding hydrogens is 366 g/mol. The van der Waals surface area contributed by atoms with Crippen molar-refractivity contribution in [2.45, 2.75) is 26.3 Å². The molecule has 94 valence electrons. The average Bonchev–Trinajstić information content (AvgIpc) is 2.37. The van der Waals surface area contributed by atoms with Gasteiger partial charge >= 0.3 is 0 Å². The molecule has 0 aromatic rings. The number of hydrogen-bond acceptors (Lipinski definition) is 1. The lowest BCUT2D eigenvalue weighted by Crippen LogP contribution is -2.37. The molecule has 0 aromatic carbocycles. The van der Waals surface area contributed by atoms with Gasteiger partial charge in [-0.2, -0.15) is 0 Å². The predicted octanol–water partition coefficient (Wildman–Crippen LogP) is 3.69. The lowest BCUT2D eigenvalue weighted by Gasteiger charge is -2.20. The van der Waals surface area contributed by atoms with Gasteiger partial charge < -0.3 is 0 Å². The van der Waals surface area contributed by atoms with Crippen LogP contribution in [0.1, 0.15) is 20.8 Å². The minimum Gasteiger partial charge on any atom is -0.237 e. The van der Waals surface area contributed by atoms with E-state index in [1.165, 1.54) is 0 Å². The maximum atomic E-state index is 12.3. The van der Waals surface area contributed by atoms with Gasteiger partial charge in [-0.15, -0.1) is 5.73 Å². The second kappa shape index (κ2) is 6.30. The third kappa shape index (κ3) is 4.68. The molecule has 17 heavy (non-hydrogen) atoms. The van der Waals surface area contributed by atoms with Crippen molar-refractivity contribution in [2.75, 3.05) is 5.33 Å². The summed E-state index contributed by atoms with van der Waals surface area (Å²) in [5.74, 6) is 0. The standard InChI is InChI=1S/C12H15Br2NOS/c1-12(2,3)15-17(16)11-7-5-4-6-10(14)9(11)8-13/h4,6-7,15H,8H2,1-3H3. The SMILES string of the molecule is CC(C)(C)NS(=O)C1=C(CBr)C(Br)=CC=C=C1. The van der Waals surface area contributed by atoms with Gasteiger partial charge in [0.2, 0.25) is 0 Å². The van der Waals surface area contributed by atoms with E-state index in [-0.39, 0.29) is 5.54 Å². The molecule has 1 rings (SSSR count). The quantitative estimate of drug-likeness (QED) is 0.587. The number of alkyl halides is 1. The zero-order valence-corrected chi connectivity index (χ0v) is 14.0. The topological polar surface area (TPSA) is 29.1 Å².